The Morgan fingerprint density at radius 1 is 0.512 bits per heavy atom. The van der Waals surface area contributed by atoms with E-state index in [9.17, 15) is 14.4 Å². The number of nitrogens with zero attached hydrogens (tertiary/aromatic N) is 3. The molecule has 438 valence electrons. The fraction of sp³-hybridized carbons (Fsp3) is 0.375. The molecular formula is C72H82I2N6O4. The Morgan fingerprint density at radius 2 is 0.929 bits per heavy atom. The summed E-state index contributed by atoms with van der Waals surface area (Å²) in [5.74, 6) is 2.50. The molecule has 3 saturated heterocycles. The van der Waals surface area contributed by atoms with E-state index in [4.69, 9.17) is 4.74 Å². The molecular weight excluding hydrogens is 1270 g/mol. The number of benzene rings is 6. The molecule has 0 radical (unpaired) electrons. The zero-order valence-corrected chi connectivity index (χ0v) is 54.1. The van der Waals surface area contributed by atoms with E-state index in [1.807, 2.05) is 109 Å². The number of hydrogen-bond acceptors (Lipinski definition) is 7. The number of piperidine rings is 3. The molecule has 3 aliphatic heterocycles. The monoisotopic (exact) mass is 1350 g/mol. The number of carbonyl (C=O) groups excluding carboxylic acids is 3. The van der Waals surface area contributed by atoms with Crippen LogP contribution in [0.25, 0.3) is 32.7 Å². The maximum absolute atomic E-state index is 13.2. The fourth-order valence-corrected chi connectivity index (χ4v) is 14.1. The summed E-state index contributed by atoms with van der Waals surface area (Å²) in [5.41, 5.74) is 11.8. The molecule has 0 spiro atoms. The molecule has 12 rings (SSSR count). The van der Waals surface area contributed by atoms with Crippen molar-refractivity contribution < 1.29 is 19.1 Å². The van der Waals surface area contributed by atoms with Gasteiger partial charge >= 0.3 is 0 Å². The standard InChI is InChI=1S/C26H32N2O2.C24H27IN2O.C22H23IN2O/c1-4-7-18(2)28-14-12-19(13-15-28)23-17-27-24-11-10-20(16-22(23)24)26(29)21-8-5-6-9-25(21)30-3;1-3-16(2)27-12-10-17(11-13-27)22-15-26-23-9-6-19(14-21(22)23)24(28)18-4-7-20(25)8-5-18;1-2-25-11-9-15(10-12-25)19-14-24-21-8-7-16(13-18(19)21)22(26)17-5-3-4-6-20(17)23/h5-6,8-11,16-19,27H,4,7,12-15H2,1-3H3;4-9,14-17,26H,3,10-13H2,1-2H3;3-8,13-15,24H,2,9-12H2,1H3. The predicted octanol–water partition coefficient (Wildman–Crippen LogP) is 17.0. The summed E-state index contributed by atoms with van der Waals surface area (Å²) < 4.78 is 7.53. The van der Waals surface area contributed by atoms with Crippen molar-refractivity contribution in [2.24, 2.45) is 0 Å². The first kappa shape index (κ1) is 61.2. The number of ether oxygens (including phenoxy) is 1. The molecule has 0 amide bonds. The number of aromatic nitrogens is 3. The van der Waals surface area contributed by atoms with Gasteiger partial charge in [0.1, 0.15) is 5.75 Å². The van der Waals surface area contributed by atoms with Crippen LogP contribution in [0.3, 0.4) is 0 Å². The molecule has 2 unspecified atom stereocenters. The summed E-state index contributed by atoms with van der Waals surface area (Å²) in [4.78, 5) is 57.1. The van der Waals surface area contributed by atoms with Crippen molar-refractivity contribution in [3.05, 3.63) is 203 Å². The largest absolute Gasteiger partial charge is 0.496 e. The Morgan fingerprint density at radius 3 is 1.38 bits per heavy atom. The molecule has 12 heteroatoms. The number of ketones is 3. The van der Waals surface area contributed by atoms with Crippen molar-refractivity contribution in [1.29, 1.82) is 0 Å². The van der Waals surface area contributed by atoms with Crippen LogP contribution in [0.2, 0.25) is 0 Å². The molecule has 6 heterocycles. The Balaban J connectivity index is 0.000000141. The van der Waals surface area contributed by atoms with E-state index in [-0.39, 0.29) is 17.3 Å². The number of methoxy groups -OCH3 is 1. The van der Waals surface area contributed by atoms with Crippen LogP contribution in [-0.2, 0) is 0 Å². The molecule has 0 aliphatic carbocycles. The third-order valence-electron chi connectivity index (χ3n) is 18.5. The highest BCUT2D eigenvalue weighted by atomic mass is 127. The lowest BCUT2D eigenvalue weighted by Crippen LogP contribution is -2.39. The van der Waals surface area contributed by atoms with Gasteiger partial charge < -0.3 is 34.4 Å². The molecule has 9 aromatic rings. The van der Waals surface area contributed by atoms with Gasteiger partial charge in [0, 0.05) is 98.3 Å². The van der Waals surface area contributed by atoms with Gasteiger partial charge in [0.2, 0.25) is 0 Å². The van der Waals surface area contributed by atoms with Gasteiger partial charge in [-0.25, -0.2) is 0 Å². The van der Waals surface area contributed by atoms with E-state index >= 15 is 0 Å². The number of rotatable bonds is 16. The normalized spacial score (nSPS) is 16.7. The number of halogens is 2. The Hall–Kier alpha value is -5.91. The zero-order valence-electron chi connectivity index (χ0n) is 49.8. The van der Waals surface area contributed by atoms with Gasteiger partial charge in [0.25, 0.3) is 0 Å². The minimum Gasteiger partial charge on any atom is -0.496 e. The van der Waals surface area contributed by atoms with Crippen LogP contribution in [0, 0.1) is 7.14 Å². The summed E-state index contributed by atoms with van der Waals surface area (Å²) in [5, 5.41) is 3.59. The first-order valence-electron chi connectivity index (χ1n) is 30.7. The van der Waals surface area contributed by atoms with Crippen molar-refractivity contribution in [2.45, 2.75) is 122 Å². The number of para-hydroxylation sites is 1. The van der Waals surface area contributed by atoms with Crippen molar-refractivity contribution >= 4 is 95.2 Å². The highest BCUT2D eigenvalue weighted by Crippen LogP contribution is 2.38. The summed E-state index contributed by atoms with van der Waals surface area (Å²) in [6, 6.07) is 42.5. The number of H-pyrrole nitrogens is 3. The lowest BCUT2D eigenvalue weighted by atomic mass is 9.88. The van der Waals surface area contributed by atoms with E-state index in [0.717, 1.165) is 91.8 Å². The van der Waals surface area contributed by atoms with Crippen LogP contribution < -0.4 is 4.74 Å². The van der Waals surface area contributed by atoms with Crippen molar-refractivity contribution in [3.63, 3.8) is 0 Å². The van der Waals surface area contributed by atoms with E-state index in [2.05, 4.69) is 146 Å². The van der Waals surface area contributed by atoms with Gasteiger partial charge in [0.05, 0.1) is 12.7 Å². The van der Waals surface area contributed by atoms with E-state index in [1.54, 1.807) is 7.11 Å². The molecule has 3 fully saturated rings. The molecule has 0 bridgehead atoms. The van der Waals surface area contributed by atoms with E-state index in [1.165, 1.54) is 90.6 Å². The lowest BCUT2D eigenvalue weighted by Gasteiger charge is -2.36. The summed E-state index contributed by atoms with van der Waals surface area (Å²) >= 11 is 4.50. The quantitative estimate of drug-likeness (QED) is 0.0651. The van der Waals surface area contributed by atoms with Crippen LogP contribution >= 0.6 is 45.2 Å². The first-order valence-corrected chi connectivity index (χ1v) is 32.8. The number of fused-ring (bicyclic) bond motifs is 3. The molecule has 84 heavy (non-hydrogen) atoms. The van der Waals surface area contributed by atoms with Gasteiger partial charge in [-0.15, -0.1) is 0 Å². The van der Waals surface area contributed by atoms with Crippen molar-refractivity contribution in [1.82, 2.24) is 29.7 Å². The highest BCUT2D eigenvalue weighted by Gasteiger charge is 2.28. The number of aromatic amines is 3. The smallest absolute Gasteiger partial charge is 0.196 e. The molecule has 3 aliphatic rings. The number of carbonyl (C=O) groups is 3. The third-order valence-corrected chi connectivity index (χ3v) is 20.1. The topological polar surface area (TPSA) is 118 Å². The van der Waals surface area contributed by atoms with Crippen molar-refractivity contribution in [3.8, 4) is 5.75 Å². The van der Waals surface area contributed by atoms with Gasteiger partial charge in [-0.05, 0) is 294 Å². The van der Waals surface area contributed by atoms with Crippen molar-refractivity contribution in [2.75, 3.05) is 52.9 Å². The summed E-state index contributed by atoms with van der Waals surface area (Å²) in [6.07, 6.45) is 17.3. The molecule has 3 aromatic heterocycles. The Labute approximate surface area is 524 Å². The highest BCUT2D eigenvalue weighted by molar-refractivity contribution is 14.1. The number of nitrogens with one attached hydrogen (secondary N) is 3. The minimum atomic E-state index is 0.00436. The Bertz CT molecular complexity index is 3690. The zero-order chi connectivity index (χ0) is 58.9. The second-order valence-corrected chi connectivity index (χ2v) is 25.8. The van der Waals surface area contributed by atoms with Crippen LogP contribution in [0.15, 0.2) is 146 Å². The number of likely N-dealkylation sites (tertiary alicyclic amines) is 3. The molecule has 2 atom stereocenters. The summed E-state index contributed by atoms with van der Waals surface area (Å²) in [6.45, 7) is 19.5. The first-order chi connectivity index (χ1) is 40.8. The minimum absolute atomic E-state index is 0.00436. The molecule has 3 N–H and O–H groups in total. The molecule has 6 aromatic carbocycles. The van der Waals surface area contributed by atoms with E-state index < -0.39 is 0 Å². The molecule has 10 nitrogen and oxygen atoms in total. The fourth-order valence-electron chi connectivity index (χ4n) is 13.1. The van der Waals surface area contributed by atoms with Crippen LogP contribution in [0.4, 0.5) is 0 Å². The second kappa shape index (κ2) is 28.5. The lowest BCUT2D eigenvalue weighted by molar-refractivity contribution is 0.102. The van der Waals surface area contributed by atoms with Gasteiger partial charge in [-0.1, -0.05) is 51.5 Å². The summed E-state index contributed by atoms with van der Waals surface area (Å²) in [7, 11) is 1.60. The average molecular weight is 1350 g/mol. The van der Waals surface area contributed by atoms with Gasteiger partial charge in [0.15, 0.2) is 17.3 Å². The maximum Gasteiger partial charge on any atom is 0.196 e. The Kier molecular flexibility index (Phi) is 20.8. The second-order valence-electron chi connectivity index (χ2n) is 23.4. The third kappa shape index (κ3) is 14.0. The van der Waals surface area contributed by atoms with Crippen LogP contribution in [0.1, 0.15) is 175 Å². The molecule has 0 saturated carbocycles. The number of hydrogen-bond donors (Lipinski definition) is 3. The van der Waals surface area contributed by atoms with Gasteiger partial charge in [-0.3, -0.25) is 14.4 Å². The SMILES string of the molecule is CCC(C)N1CCC(c2c[nH]c3ccc(C(=O)c4ccc(I)cc4)cc23)CC1.CCCC(C)N1CCC(c2c[nH]c3ccc(C(=O)c4ccccc4OC)cc23)CC1.CCN1CCC(c2c[nH]c3ccc(C(=O)c4ccccc4I)cc23)CC1. The van der Waals surface area contributed by atoms with Crippen LogP contribution in [-0.4, -0.2) is 112 Å². The average Bonchev–Trinajstić information content (AvgIpc) is 3.94. The maximum atomic E-state index is 13.2. The predicted molar refractivity (Wildman–Crippen MR) is 362 cm³/mol. The van der Waals surface area contributed by atoms with E-state index in [0.29, 0.717) is 46.7 Å². The van der Waals surface area contributed by atoms with Gasteiger partial charge in [-0.2, -0.15) is 0 Å². The van der Waals surface area contributed by atoms with Crippen LogP contribution in [0.5, 0.6) is 5.75 Å².